The lowest BCUT2D eigenvalue weighted by Gasteiger charge is -2.16. The Morgan fingerprint density at radius 1 is 1.25 bits per heavy atom. The van der Waals surface area contributed by atoms with Crippen LogP contribution in [0, 0.1) is 5.92 Å². The highest BCUT2D eigenvalue weighted by Crippen LogP contribution is 1.90. The van der Waals surface area contributed by atoms with Crippen LogP contribution >= 0.6 is 0 Å². The highest BCUT2D eigenvalue weighted by Gasteiger charge is 2.14. The second-order valence-electron chi connectivity index (χ2n) is 3.80. The maximum atomic E-state index is 11.5. The van der Waals surface area contributed by atoms with Crippen molar-refractivity contribution < 1.29 is 14.4 Å². The molecule has 0 bridgehead atoms. The number of nitrogens with one attached hydrogen (secondary N) is 2. The van der Waals surface area contributed by atoms with Crippen molar-refractivity contribution in [3.8, 4) is 0 Å². The van der Waals surface area contributed by atoms with Crippen molar-refractivity contribution in [3.63, 3.8) is 0 Å². The Balaban J connectivity index is 3.97. The monoisotopic (exact) mass is 229 g/mol. The lowest BCUT2D eigenvalue weighted by atomic mass is 10.2. The topological polar surface area (TPSA) is 78.5 Å². The van der Waals surface area contributed by atoms with Gasteiger partial charge in [0.05, 0.1) is 13.1 Å². The van der Waals surface area contributed by atoms with E-state index >= 15 is 0 Å². The van der Waals surface area contributed by atoms with Crippen molar-refractivity contribution in [1.29, 1.82) is 0 Å². The summed E-state index contributed by atoms with van der Waals surface area (Å²) >= 11 is 0. The molecule has 0 saturated carbocycles. The quantitative estimate of drug-likeness (QED) is 0.632. The number of carbonyl (C=O) groups excluding carboxylic acids is 3. The first kappa shape index (κ1) is 14.4. The average molecular weight is 229 g/mol. The molecule has 2 N–H and O–H groups in total. The number of amides is 3. The Labute approximate surface area is 95.4 Å². The molecule has 6 heteroatoms. The molecule has 92 valence electrons. The highest BCUT2D eigenvalue weighted by atomic mass is 16.2. The van der Waals surface area contributed by atoms with E-state index in [1.165, 1.54) is 19.0 Å². The van der Waals surface area contributed by atoms with E-state index in [0.29, 0.717) is 0 Å². The van der Waals surface area contributed by atoms with Crippen LogP contribution in [0.15, 0.2) is 0 Å². The van der Waals surface area contributed by atoms with Gasteiger partial charge in [-0.2, -0.15) is 0 Å². The van der Waals surface area contributed by atoms with E-state index in [1.807, 2.05) is 0 Å². The largest absolute Gasteiger partial charge is 0.358 e. The molecule has 0 unspecified atom stereocenters. The molecule has 0 aromatic carbocycles. The van der Waals surface area contributed by atoms with Gasteiger partial charge in [0.15, 0.2) is 0 Å². The Morgan fingerprint density at radius 3 is 2.25 bits per heavy atom. The van der Waals surface area contributed by atoms with Gasteiger partial charge >= 0.3 is 0 Å². The van der Waals surface area contributed by atoms with Crippen LogP contribution in [0.5, 0.6) is 0 Å². The van der Waals surface area contributed by atoms with Crippen LogP contribution in [0.25, 0.3) is 0 Å². The van der Waals surface area contributed by atoms with Crippen LogP contribution < -0.4 is 10.6 Å². The smallest absolute Gasteiger partial charge is 0.242 e. The molecule has 0 heterocycles. The van der Waals surface area contributed by atoms with Crippen LogP contribution in [0.1, 0.15) is 13.8 Å². The van der Waals surface area contributed by atoms with E-state index in [1.54, 1.807) is 13.8 Å². The standard InChI is InChI=1S/C10H19N3O3/c1-7(2)10(16)12-5-9(15)13(4)6-8(14)11-3/h7H,5-6H2,1-4H3,(H,11,14)(H,12,16). The van der Waals surface area contributed by atoms with E-state index < -0.39 is 0 Å². The van der Waals surface area contributed by atoms with Gasteiger partial charge in [-0.25, -0.2) is 0 Å². The Kier molecular flexibility index (Phi) is 6.14. The average Bonchev–Trinajstić information content (AvgIpc) is 2.24. The zero-order valence-corrected chi connectivity index (χ0v) is 10.2. The summed E-state index contributed by atoms with van der Waals surface area (Å²) in [5.41, 5.74) is 0. The molecule has 6 nitrogen and oxygen atoms in total. The van der Waals surface area contributed by atoms with Crippen molar-refractivity contribution in [2.24, 2.45) is 5.92 Å². The molecule has 0 aliphatic heterocycles. The number of nitrogens with zero attached hydrogens (tertiary/aromatic N) is 1. The third-order valence-electron chi connectivity index (χ3n) is 2.02. The molecule has 16 heavy (non-hydrogen) atoms. The van der Waals surface area contributed by atoms with Crippen LogP contribution in [-0.4, -0.2) is 49.8 Å². The Bertz CT molecular complexity index is 276. The third kappa shape index (κ3) is 5.33. The predicted octanol–water partition coefficient (Wildman–Crippen LogP) is -1.04. The summed E-state index contributed by atoms with van der Waals surface area (Å²) in [7, 11) is 3.01. The second-order valence-corrected chi connectivity index (χ2v) is 3.80. The Hall–Kier alpha value is -1.59. The number of hydrogen-bond acceptors (Lipinski definition) is 3. The second kappa shape index (κ2) is 6.81. The van der Waals surface area contributed by atoms with Gasteiger partial charge in [-0.1, -0.05) is 13.8 Å². The van der Waals surface area contributed by atoms with E-state index in [0.717, 1.165) is 0 Å². The molecular formula is C10H19N3O3. The van der Waals surface area contributed by atoms with Crippen molar-refractivity contribution in [1.82, 2.24) is 15.5 Å². The molecule has 0 rings (SSSR count). The lowest BCUT2D eigenvalue weighted by Crippen LogP contribution is -2.43. The lowest BCUT2D eigenvalue weighted by molar-refractivity contribution is -0.135. The summed E-state index contributed by atoms with van der Waals surface area (Å²) in [5, 5.41) is 4.91. The minimum atomic E-state index is -0.294. The van der Waals surface area contributed by atoms with Crippen molar-refractivity contribution in [2.45, 2.75) is 13.8 Å². The predicted molar refractivity (Wildman–Crippen MR) is 59.6 cm³/mol. The SMILES string of the molecule is CNC(=O)CN(C)C(=O)CNC(=O)C(C)C. The normalized spacial score (nSPS) is 9.81. The fourth-order valence-corrected chi connectivity index (χ4v) is 0.884. The summed E-state index contributed by atoms with van der Waals surface area (Å²) in [6.07, 6.45) is 0. The maximum Gasteiger partial charge on any atom is 0.242 e. The van der Waals surface area contributed by atoms with Crippen LogP contribution in [0.4, 0.5) is 0 Å². The number of hydrogen-bond donors (Lipinski definition) is 2. The third-order valence-corrected chi connectivity index (χ3v) is 2.02. The first-order chi connectivity index (χ1) is 7.38. The molecule has 0 saturated heterocycles. The fraction of sp³-hybridized carbons (Fsp3) is 0.700. The van der Waals surface area contributed by atoms with Gasteiger partial charge in [0.2, 0.25) is 17.7 Å². The van der Waals surface area contributed by atoms with E-state index in [2.05, 4.69) is 10.6 Å². The molecular weight excluding hydrogens is 210 g/mol. The first-order valence-corrected chi connectivity index (χ1v) is 5.10. The van der Waals surface area contributed by atoms with Gasteiger partial charge in [-0.3, -0.25) is 14.4 Å². The van der Waals surface area contributed by atoms with Crippen LogP contribution in [0.3, 0.4) is 0 Å². The maximum absolute atomic E-state index is 11.5. The van der Waals surface area contributed by atoms with Gasteiger partial charge in [-0.05, 0) is 0 Å². The molecule has 0 radical (unpaired) electrons. The van der Waals surface area contributed by atoms with Gasteiger partial charge in [-0.15, -0.1) is 0 Å². The molecule has 0 fully saturated rings. The van der Waals surface area contributed by atoms with Gasteiger partial charge < -0.3 is 15.5 Å². The first-order valence-electron chi connectivity index (χ1n) is 5.10. The summed E-state index contributed by atoms with van der Waals surface area (Å²) in [4.78, 5) is 34.9. The molecule has 0 aliphatic rings. The summed E-state index contributed by atoms with van der Waals surface area (Å²) < 4.78 is 0. The summed E-state index contributed by atoms with van der Waals surface area (Å²) in [5.74, 6) is -0.873. The summed E-state index contributed by atoms with van der Waals surface area (Å²) in [6, 6.07) is 0. The minimum Gasteiger partial charge on any atom is -0.358 e. The molecule has 3 amide bonds. The zero-order chi connectivity index (χ0) is 12.7. The van der Waals surface area contributed by atoms with E-state index in [-0.39, 0.29) is 36.7 Å². The molecule has 0 aromatic rings. The van der Waals surface area contributed by atoms with Crippen molar-refractivity contribution in [2.75, 3.05) is 27.2 Å². The van der Waals surface area contributed by atoms with Crippen LogP contribution in [-0.2, 0) is 14.4 Å². The fourth-order valence-electron chi connectivity index (χ4n) is 0.884. The molecule has 0 atom stereocenters. The highest BCUT2D eigenvalue weighted by molar-refractivity contribution is 5.88. The van der Waals surface area contributed by atoms with Gasteiger partial charge in [0, 0.05) is 20.0 Å². The summed E-state index contributed by atoms with van der Waals surface area (Å²) in [6.45, 7) is 3.40. The van der Waals surface area contributed by atoms with Crippen LogP contribution in [0.2, 0.25) is 0 Å². The molecule has 0 spiro atoms. The Morgan fingerprint density at radius 2 is 1.81 bits per heavy atom. The van der Waals surface area contributed by atoms with Gasteiger partial charge in [0.25, 0.3) is 0 Å². The molecule has 0 aliphatic carbocycles. The number of likely N-dealkylation sites (N-methyl/N-ethyl adjacent to an activating group) is 2. The van der Waals surface area contributed by atoms with Crippen molar-refractivity contribution in [3.05, 3.63) is 0 Å². The van der Waals surface area contributed by atoms with E-state index in [4.69, 9.17) is 0 Å². The van der Waals surface area contributed by atoms with Crippen molar-refractivity contribution >= 4 is 17.7 Å². The minimum absolute atomic E-state index is 0.00706. The zero-order valence-electron chi connectivity index (χ0n) is 10.2. The number of rotatable bonds is 5. The number of carbonyl (C=O) groups is 3. The van der Waals surface area contributed by atoms with Gasteiger partial charge in [0.1, 0.15) is 0 Å². The van der Waals surface area contributed by atoms with E-state index in [9.17, 15) is 14.4 Å². The molecule has 0 aromatic heterocycles.